The van der Waals surface area contributed by atoms with Gasteiger partial charge in [0, 0.05) is 18.6 Å². The van der Waals surface area contributed by atoms with Gasteiger partial charge in [-0.05, 0) is 19.3 Å². The zero-order valence-electron chi connectivity index (χ0n) is 4.90. The number of halogens is 1. The molecule has 0 radical (unpaired) electrons. The maximum absolute atomic E-state index is 5.84. The van der Waals surface area contributed by atoms with Crippen molar-refractivity contribution in [1.82, 2.24) is 0 Å². The monoisotopic (exact) mass is 134 g/mol. The van der Waals surface area contributed by atoms with Gasteiger partial charge >= 0.3 is 0 Å². The lowest BCUT2D eigenvalue weighted by Crippen LogP contribution is -1.97. The van der Waals surface area contributed by atoms with Crippen molar-refractivity contribution in [2.24, 2.45) is 0 Å². The number of alkyl halides is 1. The van der Waals surface area contributed by atoms with E-state index in [0.29, 0.717) is 5.38 Å². The maximum atomic E-state index is 5.84. The van der Waals surface area contributed by atoms with Crippen LogP contribution >= 0.6 is 11.6 Å². The van der Waals surface area contributed by atoms with Crippen LogP contribution in [0.15, 0.2) is 0 Å². The molecule has 0 aromatic heterocycles. The van der Waals surface area contributed by atoms with E-state index in [1.807, 2.05) is 0 Å². The quantitative estimate of drug-likeness (QED) is 0.459. The molecule has 0 aliphatic carbocycles. The minimum absolute atomic E-state index is 0.373. The number of ether oxygens (including phenoxy) is 1. The highest BCUT2D eigenvalue weighted by molar-refractivity contribution is 6.20. The van der Waals surface area contributed by atoms with Crippen molar-refractivity contribution < 1.29 is 4.74 Å². The molecule has 0 N–H and O–H groups in total. The third kappa shape index (κ3) is 2.01. The average Bonchev–Trinajstić information content (AvgIpc) is 1.94. The van der Waals surface area contributed by atoms with E-state index < -0.39 is 0 Å². The minimum atomic E-state index is 0.373. The van der Waals surface area contributed by atoms with Crippen LogP contribution in [0.1, 0.15) is 19.3 Å². The lowest BCUT2D eigenvalue weighted by Gasteiger charge is -1.99. The molecule has 1 aliphatic rings. The Morgan fingerprint density at radius 2 is 2.12 bits per heavy atom. The first kappa shape index (κ1) is 6.37. The second-order valence-corrected chi connectivity index (χ2v) is 2.76. The van der Waals surface area contributed by atoms with E-state index in [0.717, 1.165) is 32.5 Å². The van der Waals surface area contributed by atoms with Crippen LogP contribution in [0.25, 0.3) is 0 Å². The van der Waals surface area contributed by atoms with Crippen LogP contribution in [0.5, 0.6) is 0 Å². The van der Waals surface area contributed by atoms with Gasteiger partial charge in [-0.3, -0.25) is 0 Å². The van der Waals surface area contributed by atoms with E-state index in [1.54, 1.807) is 0 Å². The van der Waals surface area contributed by atoms with Crippen LogP contribution < -0.4 is 0 Å². The maximum Gasteiger partial charge on any atom is 0.0480 e. The fourth-order valence-electron chi connectivity index (χ4n) is 0.864. The number of hydrogen-bond acceptors (Lipinski definition) is 1. The van der Waals surface area contributed by atoms with Gasteiger partial charge in [0.2, 0.25) is 0 Å². The number of hydrogen-bond donors (Lipinski definition) is 0. The van der Waals surface area contributed by atoms with Crippen LogP contribution in [0.2, 0.25) is 0 Å². The Balaban J connectivity index is 2.17. The molecule has 1 rings (SSSR count). The molecule has 1 heterocycles. The highest BCUT2D eigenvalue weighted by atomic mass is 35.5. The van der Waals surface area contributed by atoms with Gasteiger partial charge in [0.1, 0.15) is 0 Å². The Kier molecular flexibility index (Phi) is 2.64. The van der Waals surface area contributed by atoms with Crippen molar-refractivity contribution in [3.05, 3.63) is 0 Å². The molecule has 0 amide bonds. The highest BCUT2D eigenvalue weighted by Gasteiger charge is 2.07. The SMILES string of the molecule is ClC1CCCOCC1. The third-order valence-corrected chi connectivity index (χ3v) is 1.82. The van der Waals surface area contributed by atoms with E-state index in [9.17, 15) is 0 Å². The molecule has 1 saturated heterocycles. The van der Waals surface area contributed by atoms with Crippen LogP contribution in [-0.2, 0) is 4.74 Å². The topological polar surface area (TPSA) is 9.23 Å². The van der Waals surface area contributed by atoms with Crippen molar-refractivity contribution in [3.63, 3.8) is 0 Å². The molecule has 48 valence electrons. The van der Waals surface area contributed by atoms with Gasteiger partial charge in [0.25, 0.3) is 0 Å². The molecule has 2 heteroatoms. The first-order valence-electron chi connectivity index (χ1n) is 3.11. The largest absolute Gasteiger partial charge is 0.381 e. The smallest absolute Gasteiger partial charge is 0.0480 e. The van der Waals surface area contributed by atoms with Crippen molar-refractivity contribution in [2.75, 3.05) is 13.2 Å². The van der Waals surface area contributed by atoms with Crippen molar-refractivity contribution >= 4 is 11.6 Å². The Morgan fingerprint density at radius 3 is 3.00 bits per heavy atom. The van der Waals surface area contributed by atoms with E-state index in [4.69, 9.17) is 16.3 Å². The molecule has 1 unspecified atom stereocenters. The fourth-order valence-corrected chi connectivity index (χ4v) is 1.11. The van der Waals surface area contributed by atoms with Gasteiger partial charge in [-0.25, -0.2) is 0 Å². The summed E-state index contributed by atoms with van der Waals surface area (Å²) in [4.78, 5) is 0. The highest BCUT2D eigenvalue weighted by Crippen LogP contribution is 2.13. The molecule has 8 heavy (non-hydrogen) atoms. The molecule has 0 aromatic rings. The minimum Gasteiger partial charge on any atom is -0.381 e. The van der Waals surface area contributed by atoms with E-state index in [1.165, 1.54) is 0 Å². The van der Waals surface area contributed by atoms with Gasteiger partial charge in [-0.1, -0.05) is 0 Å². The van der Waals surface area contributed by atoms with E-state index >= 15 is 0 Å². The number of rotatable bonds is 0. The molecular formula is C6H11ClO. The summed E-state index contributed by atoms with van der Waals surface area (Å²) in [5.41, 5.74) is 0. The van der Waals surface area contributed by atoms with Gasteiger partial charge in [-0.15, -0.1) is 11.6 Å². The molecular weight excluding hydrogens is 124 g/mol. The Bertz CT molecular complexity index is 57.5. The lowest BCUT2D eigenvalue weighted by atomic mass is 10.2. The molecule has 0 saturated carbocycles. The summed E-state index contributed by atoms with van der Waals surface area (Å²) >= 11 is 5.84. The molecule has 0 aromatic carbocycles. The van der Waals surface area contributed by atoms with E-state index in [-0.39, 0.29) is 0 Å². The molecule has 1 fully saturated rings. The van der Waals surface area contributed by atoms with Crippen molar-refractivity contribution in [1.29, 1.82) is 0 Å². The van der Waals surface area contributed by atoms with Crippen LogP contribution in [-0.4, -0.2) is 18.6 Å². The van der Waals surface area contributed by atoms with Gasteiger partial charge < -0.3 is 4.74 Å². The summed E-state index contributed by atoms with van der Waals surface area (Å²) in [7, 11) is 0. The molecule has 1 nitrogen and oxygen atoms in total. The van der Waals surface area contributed by atoms with Crippen LogP contribution in [0, 0.1) is 0 Å². The summed E-state index contributed by atoms with van der Waals surface area (Å²) in [5, 5.41) is 0.373. The zero-order chi connectivity index (χ0) is 5.82. The Morgan fingerprint density at radius 1 is 1.25 bits per heavy atom. The summed E-state index contributed by atoms with van der Waals surface area (Å²) < 4.78 is 5.18. The third-order valence-electron chi connectivity index (χ3n) is 1.38. The normalized spacial score (nSPS) is 31.9. The van der Waals surface area contributed by atoms with Crippen LogP contribution in [0.4, 0.5) is 0 Å². The van der Waals surface area contributed by atoms with Gasteiger partial charge in [0.15, 0.2) is 0 Å². The van der Waals surface area contributed by atoms with E-state index in [2.05, 4.69) is 0 Å². The predicted octanol–water partition coefficient (Wildman–Crippen LogP) is 1.79. The average molecular weight is 135 g/mol. The lowest BCUT2D eigenvalue weighted by molar-refractivity contribution is 0.144. The second-order valence-electron chi connectivity index (χ2n) is 2.14. The molecule has 0 bridgehead atoms. The molecule has 1 aliphatic heterocycles. The first-order chi connectivity index (χ1) is 3.89. The van der Waals surface area contributed by atoms with Crippen molar-refractivity contribution in [2.45, 2.75) is 24.6 Å². The zero-order valence-corrected chi connectivity index (χ0v) is 5.66. The Labute approximate surface area is 55.0 Å². The summed E-state index contributed by atoms with van der Waals surface area (Å²) in [5.74, 6) is 0. The van der Waals surface area contributed by atoms with Gasteiger partial charge in [0.05, 0.1) is 0 Å². The first-order valence-corrected chi connectivity index (χ1v) is 3.55. The molecule has 1 atom stereocenters. The predicted molar refractivity (Wildman–Crippen MR) is 34.3 cm³/mol. The summed E-state index contributed by atoms with van der Waals surface area (Å²) in [6.45, 7) is 1.76. The van der Waals surface area contributed by atoms with Gasteiger partial charge in [-0.2, -0.15) is 0 Å². The summed E-state index contributed by atoms with van der Waals surface area (Å²) in [6, 6.07) is 0. The fraction of sp³-hybridized carbons (Fsp3) is 1.00. The summed E-state index contributed by atoms with van der Waals surface area (Å²) in [6.07, 6.45) is 3.29. The Hall–Kier alpha value is 0.250. The molecule has 0 spiro atoms. The second kappa shape index (κ2) is 3.31. The van der Waals surface area contributed by atoms with Crippen LogP contribution in [0.3, 0.4) is 0 Å². The van der Waals surface area contributed by atoms with Crippen molar-refractivity contribution in [3.8, 4) is 0 Å². The standard InChI is InChI=1S/C6H11ClO/c7-6-2-1-4-8-5-3-6/h6H,1-5H2.